The Hall–Kier alpha value is -3.19. The minimum atomic E-state index is -0.593. The van der Waals surface area contributed by atoms with Crippen LogP contribution >= 0.6 is 11.8 Å². The minimum absolute atomic E-state index is 0.0379. The summed E-state index contributed by atoms with van der Waals surface area (Å²) in [5, 5.41) is 2.62. The molecular formula is C31H41NO5S. The van der Waals surface area contributed by atoms with Crippen molar-refractivity contribution >= 4 is 29.4 Å². The predicted molar refractivity (Wildman–Crippen MR) is 155 cm³/mol. The Morgan fingerprint density at radius 3 is 2.18 bits per heavy atom. The number of ether oxygens (including phenoxy) is 3. The highest BCUT2D eigenvalue weighted by atomic mass is 32.2. The van der Waals surface area contributed by atoms with Crippen molar-refractivity contribution in [2.24, 2.45) is 11.8 Å². The molecule has 0 aromatic heterocycles. The molecular weight excluding hydrogens is 498 g/mol. The molecule has 0 aliphatic carbocycles. The second-order valence-electron chi connectivity index (χ2n) is 9.74. The van der Waals surface area contributed by atoms with Crippen molar-refractivity contribution in [3.8, 4) is 5.75 Å². The fourth-order valence-electron chi connectivity index (χ4n) is 3.68. The van der Waals surface area contributed by atoms with E-state index in [9.17, 15) is 9.59 Å². The van der Waals surface area contributed by atoms with Crippen molar-refractivity contribution in [3.05, 3.63) is 77.9 Å². The maximum absolute atomic E-state index is 12.4. The van der Waals surface area contributed by atoms with Gasteiger partial charge in [-0.2, -0.15) is 0 Å². The van der Waals surface area contributed by atoms with Crippen LogP contribution in [0.1, 0.15) is 47.1 Å². The summed E-state index contributed by atoms with van der Waals surface area (Å²) in [6, 6.07) is 18.0. The van der Waals surface area contributed by atoms with Gasteiger partial charge >= 0.3 is 12.1 Å². The van der Waals surface area contributed by atoms with E-state index in [1.165, 1.54) is 16.7 Å². The van der Waals surface area contributed by atoms with E-state index < -0.39 is 18.2 Å². The lowest BCUT2D eigenvalue weighted by Crippen LogP contribution is -2.35. The van der Waals surface area contributed by atoms with Gasteiger partial charge in [-0.1, -0.05) is 70.2 Å². The van der Waals surface area contributed by atoms with Gasteiger partial charge in [0.2, 0.25) is 0 Å². The van der Waals surface area contributed by atoms with Crippen molar-refractivity contribution < 1.29 is 23.8 Å². The minimum Gasteiger partial charge on any atom is -0.490 e. The lowest BCUT2D eigenvalue weighted by molar-refractivity contribution is -0.138. The summed E-state index contributed by atoms with van der Waals surface area (Å²) in [5.41, 5.74) is 4.25. The maximum Gasteiger partial charge on any atom is 0.407 e. The highest BCUT2D eigenvalue weighted by molar-refractivity contribution is 7.99. The normalized spacial score (nSPS) is 12.5. The molecule has 1 unspecified atom stereocenters. The number of benzene rings is 2. The lowest BCUT2D eigenvalue weighted by Gasteiger charge is -2.20. The molecule has 2 aromatic rings. The van der Waals surface area contributed by atoms with E-state index in [0.717, 1.165) is 4.90 Å². The van der Waals surface area contributed by atoms with Crippen molar-refractivity contribution in [2.75, 3.05) is 25.5 Å². The fourth-order valence-corrected chi connectivity index (χ4v) is 4.57. The van der Waals surface area contributed by atoms with Crippen LogP contribution in [0.3, 0.4) is 0 Å². The van der Waals surface area contributed by atoms with E-state index in [1.807, 2.05) is 42.5 Å². The monoisotopic (exact) mass is 539 g/mol. The molecule has 38 heavy (non-hydrogen) atoms. The van der Waals surface area contributed by atoms with E-state index in [-0.39, 0.29) is 19.8 Å². The molecule has 0 aliphatic rings. The van der Waals surface area contributed by atoms with Gasteiger partial charge in [-0.05, 0) is 61.1 Å². The van der Waals surface area contributed by atoms with Crippen LogP contribution in [-0.4, -0.2) is 43.7 Å². The average molecular weight is 540 g/mol. The summed E-state index contributed by atoms with van der Waals surface area (Å²) in [5.74, 6) is 1.64. The Labute approximate surface area is 231 Å². The van der Waals surface area contributed by atoms with Gasteiger partial charge in [0.15, 0.2) is 0 Å². The number of carbonyl (C=O) groups is 2. The zero-order chi connectivity index (χ0) is 28.1. The topological polar surface area (TPSA) is 73.9 Å². The summed E-state index contributed by atoms with van der Waals surface area (Å²) in [7, 11) is 0. The number of hydrogen-bond donors (Lipinski definition) is 1. The molecule has 0 aliphatic heterocycles. The third-order valence-corrected chi connectivity index (χ3v) is 7.02. The van der Waals surface area contributed by atoms with Gasteiger partial charge in [-0.15, -0.1) is 11.8 Å². The SMILES string of the molecule is C=C(C)C(=O)OCCNC(=O)OC(COc1ccc(/C(=C(/C)C(C)C)C(C)C)cc1)CSc1ccccc1. The third kappa shape index (κ3) is 10.7. The first kappa shape index (κ1) is 31.0. The van der Waals surface area contributed by atoms with Crippen LogP contribution in [0, 0.1) is 11.8 Å². The van der Waals surface area contributed by atoms with E-state index in [0.29, 0.717) is 28.9 Å². The fraction of sp³-hybridized carbons (Fsp3) is 0.419. The molecule has 0 saturated heterocycles. The van der Waals surface area contributed by atoms with Gasteiger partial charge in [0.25, 0.3) is 0 Å². The number of nitrogens with one attached hydrogen (secondary N) is 1. The van der Waals surface area contributed by atoms with Crippen LogP contribution in [0.25, 0.3) is 5.57 Å². The highest BCUT2D eigenvalue weighted by Crippen LogP contribution is 2.31. The largest absolute Gasteiger partial charge is 0.490 e. The molecule has 0 bridgehead atoms. The summed E-state index contributed by atoms with van der Waals surface area (Å²) < 4.78 is 16.7. The Balaban J connectivity index is 2.00. The smallest absolute Gasteiger partial charge is 0.407 e. The lowest BCUT2D eigenvalue weighted by atomic mass is 9.87. The number of carbonyl (C=O) groups excluding carboxylic acids is 2. The zero-order valence-corrected chi connectivity index (χ0v) is 24.2. The Kier molecular flexibility index (Phi) is 13.0. The number of allylic oxidation sites excluding steroid dienone is 2. The van der Waals surface area contributed by atoms with Crippen LogP contribution < -0.4 is 10.1 Å². The van der Waals surface area contributed by atoms with Gasteiger partial charge in [0.1, 0.15) is 25.1 Å². The zero-order valence-electron chi connectivity index (χ0n) is 23.4. The highest BCUT2D eigenvalue weighted by Gasteiger charge is 2.17. The second kappa shape index (κ2) is 15.9. The Morgan fingerprint density at radius 2 is 1.61 bits per heavy atom. The molecule has 206 valence electrons. The first-order chi connectivity index (χ1) is 18.1. The van der Waals surface area contributed by atoms with Crippen molar-refractivity contribution in [1.82, 2.24) is 5.32 Å². The number of thioether (sulfide) groups is 1. The Bertz CT molecular complexity index is 1080. The van der Waals surface area contributed by atoms with E-state index in [1.54, 1.807) is 18.7 Å². The van der Waals surface area contributed by atoms with Crippen molar-refractivity contribution in [3.63, 3.8) is 0 Å². The molecule has 0 fully saturated rings. The van der Waals surface area contributed by atoms with Crippen molar-refractivity contribution in [1.29, 1.82) is 0 Å². The number of hydrogen-bond acceptors (Lipinski definition) is 6. The van der Waals surface area contributed by atoms with Crippen LogP contribution in [0.4, 0.5) is 4.79 Å². The second-order valence-corrected chi connectivity index (χ2v) is 10.8. The van der Waals surface area contributed by atoms with E-state index in [4.69, 9.17) is 14.2 Å². The number of amides is 1. The molecule has 2 aromatic carbocycles. The van der Waals surface area contributed by atoms with Crippen LogP contribution in [0.15, 0.2) is 77.2 Å². The summed E-state index contributed by atoms with van der Waals surface area (Å²) in [6.07, 6.45) is -1.09. The summed E-state index contributed by atoms with van der Waals surface area (Å²) >= 11 is 1.59. The first-order valence-corrected chi connectivity index (χ1v) is 14.0. The number of alkyl carbamates (subject to hydrolysis) is 1. The number of esters is 1. The molecule has 1 N–H and O–H groups in total. The maximum atomic E-state index is 12.4. The van der Waals surface area contributed by atoms with Gasteiger partial charge in [-0.25, -0.2) is 9.59 Å². The number of rotatable bonds is 14. The predicted octanol–water partition coefficient (Wildman–Crippen LogP) is 7.16. The van der Waals surface area contributed by atoms with Gasteiger partial charge in [0.05, 0.1) is 6.54 Å². The molecule has 0 saturated carbocycles. The summed E-state index contributed by atoms with van der Waals surface area (Å²) in [4.78, 5) is 24.9. The van der Waals surface area contributed by atoms with Gasteiger partial charge in [0, 0.05) is 16.2 Å². The molecule has 0 radical (unpaired) electrons. The molecule has 0 spiro atoms. The van der Waals surface area contributed by atoms with Gasteiger partial charge < -0.3 is 19.5 Å². The molecule has 1 amide bonds. The average Bonchev–Trinajstić information content (AvgIpc) is 2.89. The molecule has 7 heteroatoms. The van der Waals surface area contributed by atoms with Crippen molar-refractivity contribution in [2.45, 2.75) is 52.5 Å². The van der Waals surface area contributed by atoms with Crippen LogP contribution in [-0.2, 0) is 14.3 Å². The molecule has 1 atom stereocenters. The first-order valence-electron chi connectivity index (χ1n) is 13.0. The van der Waals surface area contributed by atoms with Crippen LogP contribution in [0.2, 0.25) is 0 Å². The molecule has 6 nitrogen and oxygen atoms in total. The van der Waals surface area contributed by atoms with E-state index >= 15 is 0 Å². The summed E-state index contributed by atoms with van der Waals surface area (Å²) in [6.45, 7) is 16.5. The van der Waals surface area contributed by atoms with E-state index in [2.05, 4.69) is 58.6 Å². The Morgan fingerprint density at radius 1 is 0.947 bits per heavy atom. The quantitative estimate of drug-likeness (QED) is 0.119. The van der Waals surface area contributed by atoms with Crippen LogP contribution in [0.5, 0.6) is 5.75 Å². The van der Waals surface area contributed by atoms with Gasteiger partial charge in [-0.3, -0.25) is 0 Å². The molecule has 0 heterocycles. The molecule has 2 rings (SSSR count). The standard InChI is InChI=1S/C31H41NO5S/c1-21(2)24(7)29(22(3)4)25-13-15-26(16-14-25)36-19-27(20-38-28-11-9-8-10-12-28)37-31(34)32-17-18-35-30(33)23(5)6/h8-16,21-22,27H,5,17-20H2,1-4,6-7H3,(H,32,34)/b29-24-. The third-order valence-electron chi connectivity index (χ3n) is 5.88.